The molecule has 0 saturated carbocycles. The lowest BCUT2D eigenvalue weighted by Gasteiger charge is -2.30. The molecule has 1 aliphatic rings. The first kappa shape index (κ1) is 21.3. The maximum atomic E-state index is 12.5. The summed E-state index contributed by atoms with van der Waals surface area (Å²) in [5.41, 5.74) is 1.73. The van der Waals surface area contributed by atoms with Gasteiger partial charge in [-0.15, -0.1) is 0 Å². The number of benzene rings is 1. The third-order valence-corrected chi connectivity index (χ3v) is 6.47. The molecular formula is C19H27N5O4S. The molecule has 1 fully saturated rings. The summed E-state index contributed by atoms with van der Waals surface area (Å²) in [5.74, 6) is 0.0291. The molecule has 1 aliphatic heterocycles. The van der Waals surface area contributed by atoms with Gasteiger partial charge in [0, 0.05) is 32.6 Å². The number of piperidine rings is 1. The van der Waals surface area contributed by atoms with Gasteiger partial charge in [0.2, 0.25) is 15.9 Å². The van der Waals surface area contributed by atoms with Gasteiger partial charge in [0.05, 0.1) is 6.26 Å². The normalized spacial score (nSPS) is 18.0. The van der Waals surface area contributed by atoms with Crippen molar-refractivity contribution in [3.05, 3.63) is 51.7 Å². The average molecular weight is 422 g/mol. The lowest BCUT2D eigenvalue weighted by molar-refractivity contribution is -0.122. The van der Waals surface area contributed by atoms with E-state index in [1.165, 1.54) is 15.1 Å². The molecule has 2 aromatic rings. The van der Waals surface area contributed by atoms with Crippen LogP contribution in [0.5, 0.6) is 0 Å². The van der Waals surface area contributed by atoms with Gasteiger partial charge in [-0.1, -0.05) is 29.8 Å². The first-order valence-corrected chi connectivity index (χ1v) is 11.4. The summed E-state index contributed by atoms with van der Waals surface area (Å²) in [6.07, 6.45) is 2.64. The Kier molecular flexibility index (Phi) is 6.23. The topological polar surface area (TPSA) is 106 Å². The van der Waals surface area contributed by atoms with Gasteiger partial charge in [-0.25, -0.2) is 22.2 Å². The van der Waals surface area contributed by atoms with E-state index < -0.39 is 10.0 Å². The van der Waals surface area contributed by atoms with E-state index in [1.54, 1.807) is 7.05 Å². The number of rotatable bonds is 6. The van der Waals surface area contributed by atoms with E-state index in [-0.39, 0.29) is 24.1 Å². The molecule has 1 saturated heterocycles. The molecule has 29 heavy (non-hydrogen) atoms. The molecule has 1 atom stereocenters. The van der Waals surface area contributed by atoms with Crippen LogP contribution in [-0.2, 0) is 35.0 Å². The zero-order valence-electron chi connectivity index (χ0n) is 17.0. The number of amides is 1. The highest BCUT2D eigenvalue weighted by molar-refractivity contribution is 7.88. The van der Waals surface area contributed by atoms with Crippen molar-refractivity contribution >= 4 is 15.9 Å². The summed E-state index contributed by atoms with van der Waals surface area (Å²) >= 11 is 0. The summed E-state index contributed by atoms with van der Waals surface area (Å²) in [7, 11) is -1.69. The van der Waals surface area contributed by atoms with Crippen molar-refractivity contribution in [3.63, 3.8) is 0 Å². The van der Waals surface area contributed by atoms with E-state index in [1.807, 2.05) is 31.2 Å². The van der Waals surface area contributed by atoms with Gasteiger partial charge >= 0.3 is 5.69 Å². The van der Waals surface area contributed by atoms with E-state index >= 15 is 0 Å². The van der Waals surface area contributed by atoms with Gasteiger partial charge in [-0.05, 0) is 25.3 Å². The number of sulfonamides is 1. The molecule has 1 N–H and O–H groups in total. The Morgan fingerprint density at radius 3 is 2.62 bits per heavy atom. The molecule has 0 bridgehead atoms. The first-order valence-electron chi connectivity index (χ1n) is 9.56. The Morgan fingerprint density at radius 1 is 1.28 bits per heavy atom. The van der Waals surface area contributed by atoms with Crippen LogP contribution in [-0.4, -0.2) is 52.3 Å². The molecule has 0 spiro atoms. The number of aromatic nitrogens is 3. The largest absolute Gasteiger partial charge is 0.350 e. The van der Waals surface area contributed by atoms with Crippen LogP contribution in [0.2, 0.25) is 0 Å². The van der Waals surface area contributed by atoms with E-state index in [2.05, 4.69) is 10.4 Å². The highest BCUT2D eigenvalue weighted by atomic mass is 32.2. The summed E-state index contributed by atoms with van der Waals surface area (Å²) in [4.78, 5) is 24.8. The Hall–Kier alpha value is -2.46. The predicted molar refractivity (Wildman–Crippen MR) is 109 cm³/mol. The second kappa shape index (κ2) is 8.50. The Morgan fingerprint density at radius 2 is 1.97 bits per heavy atom. The number of nitrogens with one attached hydrogen (secondary N) is 1. The number of nitrogens with zero attached hydrogens (tertiary/aromatic N) is 4. The minimum absolute atomic E-state index is 0.173. The maximum absolute atomic E-state index is 12.5. The number of carbonyl (C=O) groups is 1. The molecular weight excluding hydrogens is 394 g/mol. The van der Waals surface area contributed by atoms with Crippen LogP contribution in [0.3, 0.4) is 0 Å². The quantitative estimate of drug-likeness (QED) is 0.724. The van der Waals surface area contributed by atoms with Crippen molar-refractivity contribution in [2.24, 2.45) is 7.05 Å². The molecule has 3 rings (SSSR count). The summed E-state index contributed by atoms with van der Waals surface area (Å²) in [6.45, 7) is 2.96. The second-order valence-corrected chi connectivity index (χ2v) is 9.56. The van der Waals surface area contributed by atoms with Gasteiger partial charge in [-0.3, -0.25) is 9.36 Å². The van der Waals surface area contributed by atoms with Gasteiger partial charge < -0.3 is 5.32 Å². The Bertz CT molecular complexity index is 1040. The van der Waals surface area contributed by atoms with Crippen molar-refractivity contribution in [3.8, 4) is 0 Å². The third-order valence-electron chi connectivity index (χ3n) is 5.20. The molecule has 1 amide bonds. The van der Waals surface area contributed by atoms with Crippen molar-refractivity contribution in [2.75, 3.05) is 19.3 Å². The van der Waals surface area contributed by atoms with Crippen molar-refractivity contribution in [2.45, 2.75) is 38.8 Å². The maximum Gasteiger partial charge on any atom is 0.346 e. The molecule has 1 aromatic carbocycles. The minimum Gasteiger partial charge on any atom is -0.350 e. The lowest BCUT2D eigenvalue weighted by atomic mass is 9.99. The van der Waals surface area contributed by atoms with Gasteiger partial charge in [0.25, 0.3) is 0 Å². The fourth-order valence-electron chi connectivity index (χ4n) is 3.52. The van der Waals surface area contributed by atoms with E-state index in [0.29, 0.717) is 31.9 Å². The summed E-state index contributed by atoms with van der Waals surface area (Å²) < 4.78 is 27.7. The first-order chi connectivity index (χ1) is 13.6. The van der Waals surface area contributed by atoms with Gasteiger partial charge in [0.15, 0.2) is 0 Å². The Balaban J connectivity index is 1.67. The fraction of sp³-hybridized carbons (Fsp3) is 0.526. The molecule has 1 aromatic heterocycles. The van der Waals surface area contributed by atoms with E-state index in [9.17, 15) is 18.0 Å². The van der Waals surface area contributed by atoms with E-state index in [0.717, 1.165) is 22.2 Å². The molecule has 10 heteroatoms. The van der Waals surface area contributed by atoms with Gasteiger partial charge in [0.1, 0.15) is 12.4 Å². The number of hydrogen-bond acceptors (Lipinski definition) is 5. The number of carbonyl (C=O) groups excluding carboxylic acids is 1. The number of aryl methyl sites for hydroxylation is 1. The lowest BCUT2D eigenvalue weighted by Crippen LogP contribution is -2.39. The summed E-state index contributed by atoms with van der Waals surface area (Å²) in [6, 6.07) is 7.83. The minimum atomic E-state index is -3.29. The molecule has 0 aliphatic carbocycles. The van der Waals surface area contributed by atoms with E-state index in [4.69, 9.17) is 0 Å². The van der Waals surface area contributed by atoms with Crippen LogP contribution < -0.4 is 11.0 Å². The van der Waals surface area contributed by atoms with Crippen LogP contribution in [0.1, 0.15) is 35.7 Å². The van der Waals surface area contributed by atoms with Crippen LogP contribution in [0.4, 0.5) is 0 Å². The van der Waals surface area contributed by atoms with Crippen LogP contribution >= 0.6 is 0 Å². The molecule has 158 valence electrons. The smallest absolute Gasteiger partial charge is 0.346 e. The molecule has 1 unspecified atom stereocenters. The van der Waals surface area contributed by atoms with Gasteiger partial charge in [-0.2, -0.15) is 5.10 Å². The van der Waals surface area contributed by atoms with Crippen LogP contribution in [0.15, 0.2) is 29.1 Å². The second-order valence-electron chi connectivity index (χ2n) is 7.58. The van der Waals surface area contributed by atoms with Crippen molar-refractivity contribution in [1.82, 2.24) is 24.0 Å². The SMILES string of the molecule is Cc1ccc(CNC(=O)Cn2nc(C3CCCN(S(C)(=O)=O)C3)n(C)c2=O)cc1. The molecule has 9 nitrogen and oxygen atoms in total. The average Bonchev–Trinajstić information content (AvgIpc) is 2.95. The standard InChI is InChI=1S/C19H27N5O4S/c1-14-6-8-15(9-7-14)11-20-17(25)13-24-19(26)22(2)18(21-24)16-5-4-10-23(12-16)29(3,27)28/h6-9,16H,4-5,10-13H2,1-3H3,(H,20,25). The zero-order chi connectivity index (χ0) is 21.2. The van der Waals surface area contributed by atoms with Crippen molar-refractivity contribution in [1.29, 1.82) is 0 Å². The van der Waals surface area contributed by atoms with Crippen molar-refractivity contribution < 1.29 is 13.2 Å². The third kappa shape index (κ3) is 5.13. The van der Waals surface area contributed by atoms with Crippen LogP contribution in [0.25, 0.3) is 0 Å². The molecule has 0 radical (unpaired) electrons. The monoisotopic (exact) mass is 421 g/mol. The summed E-state index contributed by atoms with van der Waals surface area (Å²) in [5, 5.41) is 7.13. The number of hydrogen-bond donors (Lipinski definition) is 1. The highest BCUT2D eigenvalue weighted by Gasteiger charge is 2.30. The zero-order valence-corrected chi connectivity index (χ0v) is 17.8. The Labute approximate surface area is 170 Å². The molecule has 2 heterocycles. The fourth-order valence-corrected chi connectivity index (χ4v) is 4.43. The van der Waals surface area contributed by atoms with Crippen LogP contribution in [0, 0.1) is 6.92 Å². The predicted octanol–water partition coefficient (Wildman–Crippen LogP) is 0.346. The highest BCUT2D eigenvalue weighted by Crippen LogP contribution is 2.26.